The van der Waals surface area contributed by atoms with E-state index < -0.39 is 0 Å². The highest BCUT2D eigenvalue weighted by atomic mass is 19.1. The molecule has 0 saturated carbocycles. The van der Waals surface area contributed by atoms with Crippen molar-refractivity contribution in [2.24, 2.45) is 0 Å². The molecule has 2 fully saturated rings. The van der Waals surface area contributed by atoms with Gasteiger partial charge in [0.05, 0.1) is 0 Å². The second-order valence-corrected chi connectivity index (χ2v) is 8.49. The summed E-state index contributed by atoms with van der Waals surface area (Å²) in [5, 5.41) is 0. The molecular formula is C24H31FN4O. The van der Waals surface area contributed by atoms with Gasteiger partial charge in [-0.3, -0.25) is 9.69 Å². The van der Waals surface area contributed by atoms with E-state index in [0.29, 0.717) is 6.04 Å². The Morgan fingerprint density at radius 2 is 1.60 bits per heavy atom. The predicted molar refractivity (Wildman–Crippen MR) is 120 cm³/mol. The Bertz CT molecular complexity index is 845. The van der Waals surface area contributed by atoms with Crippen molar-refractivity contribution in [3.63, 3.8) is 0 Å². The number of rotatable bonds is 4. The zero-order valence-electron chi connectivity index (χ0n) is 17.9. The van der Waals surface area contributed by atoms with Crippen molar-refractivity contribution in [2.75, 3.05) is 63.2 Å². The largest absolute Gasteiger partial charge is 0.378 e. The molecule has 2 aliphatic rings. The molecule has 1 atom stereocenters. The van der Waals surface area contributed by atoms with Crippen LogP contribution in [-0.4, -0.2) is 75.1 Å². The minimum absolute atomic E-state index is 0.134. The molecular weight excluding hydrogens is 379 g/mol. The number of amides is 1. The van der Waals surface area contributed by atoms with E-state index in [2.05, 4.69) is 9.80 Å². The number of piperidine rings is 1. The Balaban J connectivity index is 1.34. The van der Waals surface area contributed by atoms with Gasteiger partial charge >= 0.3 is 0 Å². The number of hydrogen-bond acceptors (Lipinski definition) is 4. The van der Waals surface area contributed by atoms with Crippen molar-refractivity contribution in [1.29, 1.82) is 0 Å². The third-order valence-corrected chi connectivity index (χ3v) is 6.34. The number of piperazine rings is 1. The zero-order valence-corrected chi connectivity index (χ0v) is 17.9. The lowest BCUT2D eigenvalue weighted by atomic mass is 10.0. The van der Waals surface area contributed by atoms with Crippen molar-refractivity contribution in [2.45, 2.75) is 18.9 Å². The molecule has 1 amide bonds. The van der Waals surface area contributed by atoms with Crippen molar-refractivity contribution in [3.8, 4) is 0 Å². The summed E-state index contributed by atoms with van der Waals surface area (Å²) in [4.78, 5) is 21.9. The van der Waals surface area contributed by atoms with Crippen LogP contribution in [0.25, 0.3) is 0 Å². The van der Waals surface area contributed by atoms with Crippen LogP contribution in [0.2, 0.25) is 0 Å². The van der Waals surface area contributed by atoms with Crippen LogP contribution in [0.1, 0.15) is 23.2 Å². The van der Waals surface area contributed by atoms with Crippen LogP contribution >= 0.6 is 0 Å². The van der Waals surface area contributed by atoms with E-state index in [-0.39, 0.29) is 11.7 Å². The van der Waals surface area contributed by atoms with Crippen LogP contribution in [0, 0.1) is 5.82 Å². The highest BCUT2D eigenvalue weighted by Gasteiger charge is 2.30. The summed E-state index contributed by atoms with van der Waals surface area (Å²) >= 11 is 0. The molecule has 4 rings (SSSR count). The predicted octanol–water partition coefficient (Wildman–Crippen LogP) is 3.32. The van der Waals surface area contributed by atoms with Gasteiger partial charge in [-0.25, -0.2) is 4.39 Å². The van der Waals surface area contributed by atoms with Gasteiger partial charge < -0.3 is 14.7 Å². The first kappa shape index (κ1) is 20.7. The molecule has 2 aliphatic heterocycles. The summed E-state index contributed by atoms with van der Waals surface area (Å²) in [5.74, 6) is -0.0596. The van der Waals surface area contributed by atoms with Gasteiger partial charge in [-0.1, -0.05) is 0 Å². The third kappa shape index (κ3) is 4.59. The number of benzene rings is 2. The van der Waals surface area contributed by atoms with E-state index in [4.69, 9.17) is 0 Å². The van der Waals surface area contributed by atoms with Gasteiger partial charge in [0.15, 0.2) is 0 Å². The van der Waals surface area contributed by atoms with Crippen molar-refractivity contribution in [1.82, 2.24) is 9.80 Å². The summed E-state index contributed by atoms with van der Waals surface area (Å²) in [6.07, 6.45) is 2.18. The topological polar surface area (TPSA) is 30.0 Å². The summed E-state index contributed by atoms with van der Waals surface area (Å²) < 4.78 is 13.2. The molecule has 0 spiro atoms. The number of hydrogen-bond donors (Lipinski definition) is 0. The number of likely N-dealkylation sites (tertiary alicyclic amines) is 1. The van der Waals surface area contributed by atoms with Crippen molar-refractivity contribution < 1.29 is 9.18 Å². The van der Waals surface area contributed by atoms with E-state index in [1.807, 2.05) is 60.3 Å². The summed E-state index contributed by atoms with van der Waals surface area (Å²) in [6, 6.07) is 15.0. The second-order valence-electron chi connectivity index (χ2n) is 8.49. The van der Waals surface area contributed by atoms with Crippen LogP contribution in [0.5, 0.6) is 0 Å². The molecule has 0 bridgehead atoms. The second kappa shape index (κ2) is 9.04. The molecule has 6 heteroatoms. The molecule has 0 aromatic heterocycles. The average molecular weight is 411 g/mol. The van der Waals surface area contributed by atoms with E-state index in [9.17, 15) is 9.18 Å². The first-order valence-electron chi connectivity index (χ1n) is 10.8. The molecule has 5 nitrogen and oxygen atoms in total. The van der Waals surface area contributed by atoms with Crippen LogP contribution in [0.15, 0.2) is 48.5 Å². The lowest BCUT2D eigenvalue weighted by Crippen LogP contribution is -2.55. The molecule has 0 N–H and O–H groups in total. The molecule has 2 aromatic carbocycles. The number of nitrogens with zero attached hydrogens (tertiary/aromatic N) is 4. The van der Waals surface area contributed by atoms with Gasteiger partial charge in [0.1, 0.15) is 5.82 Å². The summed E-state index contributed by atoms with van der Waals surface area (Å²) in [5.41, 5.74) is 2.95. The van der Waals surface area contributed by atoms with Crippen LogP contribution in [0.3, 0.4) is 0 Å². The number of halogens is 1. The summed E-state index contributed by atoms with van der Waals surface area (Å²) in [6.45, 7) is 5.44. The first-order valence-corrected chi connectivity index (χ1v) is 10.8. The van der Waals surface area contributed by atoms with Gasteiger partial charge in [0.2, 0.25) is 0 Å². The Hall–Kier alpha value is -2.60. The van der Waals surface area contributed by atoms with Crippen LogP contribution < -0.4 is 9.80 Å². The molecule has 30 heavy (non-hydrogen) atoms. The van der Waals surface area contributed by atoms with E-state index in [1.54, 1.807) is 0 Å². The van der Waals surface area contributed by atoms with Crippen molar-refractivity contribution >= 4 is 17.3 Å². The minimum Gasteiger partial charge on any atom is -0.378 e. The number of anilines is 2. The molecule has 0 radical (unpaired) electrons. The van der Waals surface area contributed by atoms with Gasteiger partial charge in [-0.05, 0) is 61.4 Å². The standard InChI is InChI=1S/C24H31FN4O/c1-26(2)21-9-5-19(6-10-21)24(30)29-13-3-4-23(18-29)28-16-14-27(15-17-28)22-11-7-20(25)8-12-22/h5-12,23H,3-4,13-18H2,1-2H3. The molecule has 2 aromatic rings. The van der Waals surface area contributed by atoms with Gasteiger partial charge in [-0.2, -0.15) is 0 Å². The van der Waals surface area contributed by atoms with Crippen LogP contribution in [0.4, 0.5) is 15.8 Å². The van der Waals surface area contributed by atoms with Gasteiger partial charge in [-0.15, -0.1) is 0 Å². The Morgan fingerprint density at radius 3 is 2.23 bits per heavy atom. The first-order chi connectivity index (χ1) is 14.5. The lowest BCUT2D eigenvalue weighted by Gasteiger charge is -2.44. The highest BCUT2D eigenvalue weighted by molar-refractivity contribution is 5.94. The Kier molecular flexibility index (Phi) is 6.23. The third-order valence-electron chi connectivity index (χ3n) is 6.34. The maximum Gasteiger partial charge on any atom is 0.253 e. The van der Waals surface area contributed by atoms with Gasteiger partial charge in [0.25, 0.3) is 5.91 Å². The normalized spacial score (nSPS) is 20.3. The van der Waals surface area contributed by atoms with Gasteiger partial charge in [0, 0.05) is 76.3 Å². The van der Waals surface area contributed by atoms with Crippen molar-refractivity contribution in [3.05, 3.63) is 59.9 Å². The smallest absolute Gasteiger partial charge is 0.253 e. The lowest BCUT2D eigenvalue weighted by molar-refractivity contribution is 0.0563. The maximum absolute atomic E-state index is 13.2. The average Bonchev–Trinajstić information content (AvgIpc) is 2.79. The fraction of sp³-hybridized carbons (Fsp3) is 0.458. The minimum atomic E-state index is -0.194. The highest BCUT2D eigenvalue weighted by Crippen LogP contribution is 2.23. The van der Waals surface area contributed by atoms with E-state index in [1.165, 1.54) is 12.1 Å². The monoisotopic (exact) mass is 410 g/mol. The molecule has 160 valence electrons. The maximum atomic E-state index is 13.2. The van der Waals surface area contributed by atoms with Crippen LogP contribution in [-0.2, 0) is 0 Å². The Morgan fingerprint density at radius 1 is 0.933 bits per heavy atom. The number of carbonyl (C=O) groups is 1. The quantitative estimate of drug-likeness (QED) is 0.774. The zero-order chi connectivity index (χ0) is 21.1. The molecule has 0 aliphatic carbocycles. The number of carbonyl (C=O) groups excluding carboxylic acids is 1. The molecule has 2 saturated heterocycles. The SMILES string of the molecule is CN(C)c1ccc(C(=O)N2CCCC(N3CCN(c4ccc(F)cc4)CC3)C2)cc1. The fourth-order valence-electron chi connectivity index (χ4n) is 4.52. The fourth-order valence-corrected chi connectivity index (χ4v) is 4.52. The molecule has 1 unspecified atom stereocenters. The molecule has 2 heterocycles. The van der Waals surface area contributed by atoms with E-state index in [0.717, 1.165) is 69.0 Å². The summed E-state index contributed by atoms with van der Waals surface area (Å²) in [7, 11) is 4.00. The Labute approximate surface area is 178 Å². The van der Waals surface area contributed by atoms with E-state index >= 15 is 0 Å².